The van der Waals surface area contributed by atoms with Crippen LogP contribution in [0.2, 0.25) is 5.02 Å². The summed E-state index contributed by atoms with van der Waals surface area (Å²) < 4.78 is 18.7. The molecule has 20 heavy (non-hydrogen) atoms. The number of hydrogen-bond acceptors (Lipinski definition) is 2. The lowest BCUT2D eigenvalue weighted by atomic mass is 10.0. The Balaban J connectivity index is 2.52. The topological polar surface area (TPSA) is 26.3 Å². The fourth-order valence-corrected chi connectivity index (χ4v) is 2.29. The first-order valence-corrected chi connectivity index (χ1v) is 6.95. The number of ketones is 1. The number of methoxy groups -OCH3 is 1. The minimum absolute atomic E-state index is 0.187. The van der Waals surface area contributed by atoms with Gasteiger partial charge in [-0.15, -0.1) is 0 Å². The minimum Gasteiger partial charge on any atom is -0.496 e. The van der Waals surface area contributed by atoms with Gasteiger partial charge in [-0.3, -0.25) is 4.79 Å². The second-order valence-corrected chi connectivity index (χ2v) is 5.52. The van der Waals surface area contributed by atoms with E-state index in [0.717, 1.165) is 5.56 Å². The van der Waals surface area contributed by atoms with E-state index in [1.54, 1.807) is 18.2 Å². The first kappa shape index (κ1) is 15.0. The average Bonchev–Trinajstić information content (AvgIpc) is 2.43. The number of carbonyl (C=O) groups is 1. The van der Waals surface area contributed by atoms with Crippen LogP contribution < -0.4 is 4.74 Å². The van der Waals surface area contributed by atoms with Crippen LogP contribution in [-0.4, -0.2) is 12.9 Å². The Kier molecular flexibility index (Phi) is 4.45. The Morgan fingerprint density at radius 1 is 1.30 bits per heavy atom. The third-order valence-corrected chi connectivity index (χ3v) is 3.94. The molecular formula is C15H11BrClFO2. The monoisotopic (exact) mass is 356 g/mol. The Labute approximate surface area is 129 Å². The van der Waals surface area contributed by atoms with Crippen molar-refractivity contribution in [3.63, 3.8) is 0 Å². The maximum Gasteiger partial charge on any atom is 0.196 e. The summed E-state index contributed by atoms with van der Waals surface area (Å²) in [6.45, 7) is 1.85. The van der Waals surface area contributed by atoms with E-state index in [1.165, 1.54) is 19.2 Å². The van der Waals surface area contributed by atoms with Crippen LogP contribution in [0.15, 0.2) is 34.8 Å². The zero-order valence-corrected chi connectivity index (χ0v) is 13.2. The molecular weight excluding hydrogens is 347 g/mol. The molecule has 0 atom stereocenters. The zero-order valence-electron chi connectivity index (χ0n) is 10.8. The van der Waals surface area contributed by atoms with Crippen molar-refractivity contribution in [1.29, 1.82) is 0 Å². The maximum atomic E-state index is 13.5. The van der Waals surface area contributed by atoms with E-state index in [1.807, 2.05) is 6.92 Å². The second kappa shape index (κ2) is 5.94. The number of aryl methyl sites for hydroxylation is 1. The lowest BCUT2D eigenvalue weighted by Gasteiger charge is -2.10. The molecule has 0 amide bonds. The molecule has 0 spiro atoms. The number of benzene rings is 2. The predicted octanol–water partition coefficient (Wildman–Crippen LogP) is 4.79. The van der Waals surface area contributed by atoms with Gasteiger partial charge in [0.15, 0.2) is 5.78 Å². The quantitative estimate of drug-likeness (QED) is 0.738. The lowest BCUT2D eigenvalue weighted by Crippen LogP contribution is -2.05. The van der Waals surface area contributed by atoms with E-state index < -0.39 is 5.82 Å². The number of rotatable bonds is 3. The molecule has 0 aromatic heterocycles. The molecule has 0 aliphatic carbocycles. The van der Waals surface area contributed by atoms with Gasteiger partial charge in [0, 0.05) is 16.7 Å². The zero-order chi connectivity index (χ0) is 14.9. The van der Waals surface area contributed by atoms with E-state index in [9.17, 15) is 9.18 Å². The molecule has 0 aliphatic rings. The first-order chi connectivity index (χ1) is 9.43. The highest BCUT2D eigenvalue weighted by molar-refractivity contribution is 9.10. The molecule has 2 rings (SSSR count). The van der Waals surface area contributed by atoms with Crippen molar-refractivity contribution in [2.24, 2.45) is 0 Å². The van der Waals surface area contributed by atoms with Gasteiger partial charge in [0.05, 0.1) is 17.1 Å². The molecule has 5 heteroatoms. The largest absolute Gasteiger partial charge is 0.496 e. The fraction of sp³-hybridized carbons (Fsp3) is 0.133. The molecule has 0 fully saturated rings. The standard InChI is InChI=1S/C15H11BrClFO2/c1-8-3-4-9(5-12(8)17)15(19)10-6-11(16)13(18)7-14(10)20-2/h3-7H,1-2H3. The van der Waals surface area contributed by atoms with Gasteiger partial charge in [-0.05, 0) is 40.5 Å². The normalized spacial score (nSPS) is 10.4. The highest BCUT2D eigenvalue weighted by Crippen LogP contribution is 2.29. The van der Waals surface area contributed by atoms with Gasteiger partial charge in [0.2, 0.25) is 0 Å². The van der Waals surface area contributed by atoms with Gasteiger partial charge in [-0.1, -0.05) is 23.7 Å². The van der Waals surface area contributed by atoms with E-state index in [0.29, 0.717) is 10.6 Å². The van der Waals surface area contributed by atoms with E-state index in [-0.39, 0.29) is 21.6 Å². The summed E-state index contributed by atoms with van der Waals surface area (Å²) in [5.41, 5.74) is 1.59. The summed E-state index contributed by atoms with van der Waals surface area (Å²) in [5.74, 6) is -0.572. The van der Waals surface area contributed by atoms with Crippen molar-refractivity contribution in [2.75, 3.05) is 7.11 Å². The van der Waals surface area contributed by atoms with Crippen molar-refractivity contribution < 1.29 is 13.9 Å². The van der Waals surface area contributed by atoms with Gasteiger partial charge < -0.3 is 4.74 Å². The minimum atomic E-state index is -0.486. The Hall–Kier alpha value is -1.39. The summed E-state index contributed by atoms with van der Waals surface area (Å²) in [4.78, 5) is 12.5. The first-order valence-electron chi connectivity index (χ1n) is 5.78. The molecule has 0 radical (unpaired) electrons. The lowest BCUT2D eigenvalue weighted by molar-refractivity contribution is 0.103. The summed E-state index contributed by atoms with van der Waals surface area (Å²) in [6.07, 6.45) is 0. The van der Waals surface area contributed by atoms with Crippen LogP contribution in [0.3, 0.4) is 0 Å². The number of carbonyl (C=O) groups excluding carboxylic acids is 1. The molecule has 0 saturated carbocycles. The van der Waals surface area contributed by atoms with Crippen molar-refractivity contribution in [3.8, 4) is 5.75 Å². The molecule has 2 aromatic rings. The van der Waals surface area contributed by atoms with Crippen molar-refractivity contribution in [2.45, 2.75) is 6.92 Å². The Morgan fingerprint density at radius 3 is 2.60 bits per heavy atom. The molecule has 0 N–H and O–H groups in total. The van der Waals surface area contributed by atoms with Crippen LogP contribution in [0.1, 0.15) is 21.5 Å². The number of ether oxygens (including phenoxy) is 1. The van der Waals surface area contributed by atoms with E-state index in [4.69, 9.17) is 16.3 Å². The molecule has 0 bridgehead atoms. The highest BCUT2D eigenvalue weighted by Gasteiger charge is 2.18. The van der Waals surface area contributed by atoms with Gasteiger partial charge in [-0.2, -0.15) is 0 Å². The summed E-state index contributed by atoms with van der Waals surface area (Å²) in [6, 6.07) is 7.62. The van der Waals surface area contributed by atoms with Crippen LogP contribution >= 0.6 is 27.5 Å². The van der Waals surface area contributed by atoms with Gasteiger partial charge in [-0.25, -0.2) is 4.39 Å². The molecule has 0 heterocycles. The number of halogens is 3. The van der Waals surface area contributed by atoms with Crippen LogP contribution in [-0.2, 0) is 0 Å². The van der Waals surface area contributed by atoms with Crippen molar-refractivity contribution >= 4 is 33.3 Å². The SMILES string of the molecule is COc1cc(F)c(Br)cc1C(=O)c1ccc(C)c(Cl)c1. The third kappa shape index (κ3) is 2.86. The molecule has 0 aliphatic heterocycles. The molecule has 0 saturated heterocycles. The van der Waals surface area contributed by atoms with Gasteiger partial charge in [0.1, 0.15) is 11.6 Å². The van der Waals surface area contributed by atoms with Gasteiger partial charge in [0.25, 0.3) is 0 Å². The molecule has 0 unspecified atom stereocenters. The Morgan fingerprint density at radius 2 is 2.00 bits per heavy atom. The van der Waals surface area contributed by atoms with Crippen molar-refractivity contribution in [1.82, 2.24) is 0 Å². The third-order valence-electron chi connectivity index (χ3n) is 2.92. The van der Waals surface area contributed by atoms with Crippen LogP contribution in [0.4, 0.5) is 4.39 Å². The molecule has 2 aromatic carbocycles. The predicted molar refractivity (Wildman–Crippen MR) is 80.3 cm³/mol. The Bertz CT molecular complexity index is 686. The van der Waals surface area contributed by atoms with Crippen molar-refractivity contribution in [3.05, 3.63) is 62.3 Å². The van der Waals surface area contributed by atoms with E-state index >= 15 is 0 Å². The maximum absolute atomic E-state index is 13.5. The molecule has 104 valence electrons. The smallest absolute Gasteiger partial charge is 0.196 e. The van der Waals surface area contributed by atoms with Crippen LogP contribution in [0.25, 0.3) is 0 Å². The van der Waals surface area contributed by atoms with Crippen LogP contribution in [0.5, 0.6) is 5.75 Å². The summed E-state index contributed by atoms with van der Waals surface area (Å²) >= 11 is 9.09. The highest BCUT2D eigenvalue weighted by atomic mass is 79.9. The number of hydrogen-bond donors (Lipinski definition) is 0. The summed E-state index contributed by atoms with van der Waals surface area (Å²) in [5, 5.41) is 0.510. The van der Waals surface area contributed by atoms with Gasteiger partial charge >= 0.3 is 0 Å². The second-order valence-electron chi connectivity index (χ2n) is 4.26. The summed E-state index contributed by atoms with van der Waals surface area (Å²) in [7, 11) is 1.39. The van der Waals surface area contributed by atoms with E-state index in [2.05, 4.69) is 15.9 Å². The molecule has 2 nitrogen and oxygen atoms in total. The fourth-order valence-electron chi connectivity index (χ4n) is 1.76. The van der Waals surface area contributed by atoms with Crippen LogP contribution in [0, 0.1) is 12.7 Å². The average molecular weight is 358 g/mol.